The second kappa shape index (κ2) is 7.97. The van der Waals surface area contributed by atoms with Crippen LogP contribution in [0.25, 0.3) is 10.2 Å². The lowest BCUT2D eigenvalue weighted by molar-refractivity contribution is -0.122. The van der Waals surface area contributed by atoms with Crippen LogP contribution in [0.1, 0.15) is 37.9 Å². The fourth-order valence-electron chi connectivity index (χ4n) is 3.08. The van der Waals surface area contributed by atoms with Crippen LogP contribution in [0.3, 0.4) is 0 Å². The number of ether oxygens (including phenoxy) is 1. The molecule has 0 aliphatic carbocycles. The van der Waals surface area contributed by atoms with E-state index in [1.54, 1.807) is 17.6 Å². The summed E-state index contributed by atoms with van der Waals surface area (Å²) in [6.07, 6.45) is -0.685. The number of aryl methyl sites for hydroxylation is 2. The number of anilines is 1. The molecule has 0 spiro atoms. The molecule has 1 N–H and O–H groups in total. The van der Waals surface area contributed by atoms with Gasteiger partial charge in [0.1, 0.15) is 5.75 Å². The molecule has 1 atom stereocenters. The van der Waals surface area contributed by atoms with Crippen LogP contribution in [0.2, 0.25) is 5.02 Å². The Morgan fingerprint density at radius 3 is 2.39 bits per heavy atom. The fourth-order valence-corrected chi connectivity index (χ4v) is 4.24. The normalized spacial score (nSPS) is 12.4. The molecule has 1 aromatic heterocycles. The first-order valence-corrected chi connectivity index (χ1v) is 10.3. The minimum absolute atomic E-state index is 0.00124. The second-order valence-electron chi connectivity index (χ2n) is 7.13. The van der Waals surface area contributed by atoms with Gasteiger partial charge in [-0.2, -0.15) is 0 Å². The molecule has 28 heavy (non-hydrogen) atoms. The van der Waals surface area contributed by atoms with Crippen molar-refractivity contribution in [1.29, 1.82) is 0 Å². The number of carbonyl (C=O) groups is 1. The van der Waals surface area contributed by atoms with Crippen molar-refractivity contribution in [2.24, 2.45) is 0 Å². The third kappa shape index (κ3) is 4.08. The van der Waals surface area contributed by atoms with Crippen molar-refractivity contribution in [3.8, 4) is 5.75 Å². The lowest BCUT2D eigenvalue weighted by atomic mass is 10.1. The second-order valence-corrected chi connectivity index (χ2v) is 8.51. The molecule has 148 valence electrons. The van der Waals surface area contributed by atoms with Crippen LogP contribution >= 0.6 is 22.9 Å². The molecule has 2 aromatic carbocycles. The summed E-state index contributed by atoms with van der Waals surface area (Å²) in [4.78, 5) is 24.7. The highest BCUT2D eigenvalue weighted by Crippen LogP contribution is 2.27. The topological polar surface area (TPSA) is 60.3 Å². The van der Waals surface area contributed by atoms with Gasteiger partial charge in [0.05, 0.1) is 10.2 Å². The average molecular weight is 419 g/mol. The molecule has 3 rings (SSSR count). The van der Waals surface area contributed by atoms with Crippen molar-refractivity contribution >= 4 is 44.7 Å². The lowest BCUT2D eigenvalue weighted by Gasteiger charge is -2.16. The molecule has 0 aliphatic heterocycles. The van der Waals surface area contributed by atoms with Gasteiger partial charge in [-0.15, -0.1) is 0 Å². The molecule has 0 unspecified atom stereocenters. The average Bonchev–Trinajstić information content (AvgIpc) is 2.94. The number of nitrogens with one attached hydrogen (secondary N) is 1. The van der Waals surface area contributed by atoms with Gasteiger partial charge in [0, 0.05) is 16.8 Å². The Morgan fingerprint density at radius 1 is 1.14 bits per heavy atom. The molecular weight excluding hydrogens is 396 g/mol. The number of halogens is 1. The van der Waals surface area contributed by atoms with E-state index in [4.69, 9.17) is 16.3 Å². The summed E-state index contributed by atoms with van der Waals surface area (Å²) in [5.74, 6) is 0.338. The van der Waals surface area contributed by atoms with Crippen LogP contribution in [-0.2, 0) is 4.79 Å². The maximum atomic E-state index is 12.5. The number of aromatic nitrogens is 1. The van der Waals surface area contributed by atoms with E-state index in [1.165, 1.54) is 11.3 Å². The van der Waals surface area contributed by atoms with Gasteiger partial charge in [0.25, 0.3) is 5.91 Å². The molecule has 5 nitrogen and oxygen atoms in total. The van der Waals surface area contributed by atoms with Gasteiger partial charge in [-0.25, -0.2) is 0 Å². The van der Waals surface area contributed by atoms with Crippen LogP contribution < -0.4 is 14.9 Å². The van der Waals surface area contributed by atoms with Crippen molar-refractivity contribution in [3.05, 3.63) is 56.1 Å². The Hall–Kier alpha value is -2.31. The molecule has 3 aromatic rings. The SMILES string of the molecule is Cc1cc(O[C@@H](C)C(=O)Nc2ccc3c(c2)sc(=O)n3C(C)C)cc(C)c1Cl. The standard InChI is InChI=1S/C21H23ClN2O3S/c1-11(2)24-17-7-6-15(10-18(17)28-21(24)26)23-20(25)14(5)27-16-8-12(3)19(22)13(4)9-16/h6-11,14H,1-5H3,(H,23,25)/t14-/m0/s1. The van der Waals surface area contributed by atoms with Crippen molar-refractivity contribution in [1.82, 2.24) is 4.57 Å². The Bertz CT molecular complexity index is 1080. The highest BCUT2D eigenvalue weighted by atomic mass is 35.5. The highest BCUT2D eigenvalue weighted by Gasteiger charge is 2.17. The number of carbonyl (C=O) groups excluding carboxylic acids is 1. The fraction of sp³-hybridized carbons (Fsp3) is 0.333. The Kier molecular flexibility index (Phi) is 5.82. The van der Waals surface area contributed by atoms with E-state index in [0.717, 1.165) is 21.3 Å². The number of hydrogen-bond acceptors (Lipinski definition) is 4. The van der Waals surface area contributed by atoms with E-state index in [1.807, 2.05) is 52.0 Å². The summed E-state index contributed by atoms with van der Waals surface area (Å²) in [7, 11) is 0. The van der Waals surface area contributed by atoms with E-state index in [-0.39, 0.29) is 16.8 Å². The zero-order chi connectivity index (χ0) is 20.6. The Labute approximate surface area is 172 Å². The molecule has 0 radical (unpaired) electrons. The number of fused-ring (bicyclic) bond motifs is 1. The molecule has 7 heteroatoms. The van der Waals surface area contributed by atoms with Crippen molar-refractivity contribution in [2.75, 3.05) is 5.32 Å². The van der Waals surface area contributed by atoms with E-state index in [0.29, 0.717) is 16.5 Å². The minimum Gasteiger partial charge on any atom is -0.481 e. The molecule has 1 heterocycles. The molecule has 0 saturated heterocycles. The number of thiazole rings is 1. The first-order chi connectivity index (χ1) is 13.2. The quantitative estimate of drug-likeness (QED) is 0.609. The van der Waals surface area contributed by atoms with Crippen molar-refractivity contribution in [3.63, 3.8) is 0 Å². The van der Waals surface area contributed by atoms with Gasteiger partial charge in [0.15, 0.2) is 6.10 Å². The van der Waals surface area contributed by atoms with Gasteiger partial charge in [-0.1, -0.05) is 22.9 Å². The monoisotopic (exact) mass is 418 g/mol. The first-order valence-electron chi connectivity index (χ1n) is 9.06. The van der Waals surface area contributed by atoms with Crippen LogP contribution in [0.15, 0.2) is 35.1 Å². The zero-order valence-corrected chi connectivity index (χ0v) is 18.1. The number of rotatable bonds is 5. The lowest BCUT2D eigenvalue weighted by Crippen LogP contribution is -2.30. The maximum Gasteiger partial charge on any atom is 0.308 e. The largest absolute Gasteiger partial charge is 0.481 e. The number of benzene rings is 2. The van der Waals surface area contributed by atoms with Gasteiger partial charge >= 0.3 is 4.87 Å². The minimum atomic E-state index is -0.685. The summed E-state index contributed by atoms with van der Waals surface area (Å²) < 4.78 is 8.38. The van der Waals surface area contributed by atoms with Crippen LogP contribution in [0.4, 0.5) is 5.69 Å². The van der Waals surface area contributed by atoms with E-state index < -0.39 is 6.10 Å². The predicted octanol–water partition coefficient (Wildman–Crippen LogP) is 5.32. The number of hydrogen-bond donors (Lipinski definition) is 1. The predicted molar refractivity (Wildman–Crippen MR) is 116 cm³/mol. The molecule has 1 amide bonds. The van der Waals surface area contributed by atoms with E-state index in [2.05, 4.69) is 5.32 Å². The summed E-state index contributed by atoms with van der Waals surface area (Å²) in [5, 5.41) is 3.56. The molecule has 0 aliphatic rings. The van der Waals surface area contributed by atoms with Crippen LogP contribution in [-0.4, -0.2) is 16.6 Å². The third-order valence-corrected chi connectivity index (χ3v) is 6.00. The third-order valence-electron chi connectivity index (χ3n) is 4.49. The Morgan fingerprint density at radius 2 is 1.79 bits per heavy atom. The molecule has 0 saturated carbocycles. The van der Waals surface area contributed by atoms with E-state index in [9.17, 15) is 9.59 Å². The van der Waals surface area contributed by atoms with Gasteiger partial charge in [-0.05, 0) is 76.1 Å². The highest BCUT2D eigenvalue weighted by molar-refractivity contribution is 7.16. The van der Waals surface area contributed by atoms with Crippen molar-refractivity contribution < 1.29 is 9.53 Å². The number of amides is 1. The maximum absolute atomic E-state index is 12.5. The van der Waals surface area contributed by atoms with Gasteiger partial charge < -0.3 is 10.1 Å². The Balaban J connectivity index is 1.76. The zero-order valence-electron chi connectivity index (χ0n) is 16.5. The smallest absolute Gasteiger partial charge is 0.308 e. The van der Waals surface area contributed by atoms with E-state index >= 15 is 0 Å². The van der Waals surface area contributed by atoms with Crippen LogP contribution in [0.5, 0.6) is 5.75 Å². The van der Waals surface area contributed by atoms with Crippen molar-refractivity contribution in [2.45, 2.75) is 46.8 Å². The molecule has 0 bridgehead atoms. The van der Waals surface area contributed by atoms with Gasteiger partial charge in [-0.3, -0.25) is 14.2 Å². The summed E-state index contributed by atoms with van der Waals surface area (Å²) in [5.41, 5.74) is 3.31. The molecule has 0 fully saturated rings. The summed E-state index contributed by atoms with van der Waals surface area (Å²) in [6.45, 7) is 9.44. The first kappa shape index (κ1) is 20.4. The molecular formula is C21H23ClN2O3S. The van der Waals surface area contributed by atoms with Crippen LogP contribution in [0, 0.1) is 13.8 Å². The summed E-state index contributed by atoms with van der Waals surface area (Å²) in [6, 6.07) is 9.20. The number of nitrogens with zero attached hydrogens (tertiary/aromatic N) is 1. The summed E-state index contributed by atoms with van der Waals surface area (Å²) >= 11 is 7.35. The van der Waals surface area contributed by atoms with Gasteiger partial charge in [0.2, 0.25) is 0 Å².